The summed E-state index contributed by atoms with van der Waals surface area (Å²) in [4.78, 5) is 12.7. The van der Waals surface area contributed by atoms with Gasteiger partial charge >= 0.3 is 0 Å². The smallest absolute Gasteiger partial charge is 0.173 e. The molecule has 0 heterocycles. The fourth-order valence-corrected chi connectivity index (χ4v) is 2.60. The van der Waals surface area contributed by atoms with Gasteiger partial charge in [-0.3, -0.25) is 4.79 Å². The Labute approximate surface area is 131 Å². The second-order valence-electron chi connectivity index (χ2n) is 5.40. The molecule has 0 aliphatic heterocycles. The van der Waals surface area contributed by atoms with Gasteiger partial charge in [-0.25, -0.2) is 0 Å². The Morgan fingerprint density at radius 1 is 0.818 bits per heavy atom. The molecule has 0 saturated carbocycles. The molecule has 3 heteroatoms. The van der Waals surface area contributed by atoms with Crippen LogP contribution in [0.3, 0.4) is 0 Å². The Hall–Kier alpha value is -1.97. The molecule has 0 spiro atoms. The highest BCUT2D eigenvalue weighted by molar-refractivity contribution is 5.91. The van der Waals surface area contributed by atoms with Crippen molar-refractivity contribution in [3.63, 3.8) is 0 Å². The monoisotopic (exact) mass is 298 g/mol. The average molecular weight is 298 g/mol. The number of carbonyl (C=O) groups excluding carboxylic acids is 1. The molecule has 2 N–H and O–H groups in total. The summed E-state index contributed by atoms with van der Waals surface area (Å²) in [6.07, 6.45) is 2.42. The van der Waals surface area contributed by atoms with Gasteiger partial charge in [0.2, 0.25) is 0 Å². The molecule has 0 saturated heterocycles. The SMILES string of the molecule is O=C(CCCCCO)C(O)(c1ccccc1)c1ccccc1. The largest absolute Gasteiger partial charge is 0.396 e. The lowest BCUT2D eigenvalue weighted by Gasteiger charge is -2.28. The maximum absolute atomic E-state index is 12.7. The standard InChI is InChI=1S/C19H22O3/c20-15-9-3-8-14-18(21)19(22,16-10-4-1-5-11-16)17-12-6-2-7-13-17/h1-2,4-7,10-13,20,22H,3,8-9,14-15H2. The molecule has 0 atom stereocenters. The molecule has 2 aromatic carbocycles. The van der Waals surface area contributed by atoms with Gasteiger partial charge in [-0.1, -0.05) is 67.1 Å². The number of unbranched alkanes of at least 4 members (excludes halogenated alkanes) is 2. The van der Waals surface area contributed by atoms with Gasteiger partial charge in [-0.15, -0.1) is 0 Å². The average Bonchev–Trinajstić information content (AvgIpc) is 2.59. The van der Waals surface area contributed by atoms with E-state index in [1.54, 1.807) is 24.3 Å². The minimum Gasteiger partial charge on any atom is -0.396 e. The summed E-state index contributed by atoms with van der Waals surface area (Å²) in [6, 6.07) is 18.1. The van der Waals surface area contributed by atoms with E-state index in [2.05, 4.69) is 0 Å². The summed E-state index contributed by atoms with van der Waals surface area (Å²) in [5, 5.41) is 20.0. The van der Waals surface area contributed by atoms with E-state index in [9.17, 15) is 9.90 Å². The fourth-order valence-electron chi connectivity index (χ4n) is 2.60. The maximum Gasteiger partial charge on any atom is 0.173 e. The molecule has 0 bridgehead atoms. The normalized spacial score (nSPS) is 11.4. The summed E-state index contributed by atoms with van der Waals surface area (Å²) in [5.74, 6) is -0.206. The lowest BCUT2D eigenvalue weighted by Crippen LogP contribution is -2.37. The van der Waals surface area contributed by atoms with E-state index >= 15 is 0 Å². The van der Waals surface area contributed by atoms with Gasteiger partial charge in [0, 0.05) is 13.0 Å². The van der Waals surface area contributed by atoms with Crippen molar-refractivity contribution < 1.29 is 15.0 Å². The molecular weight excluding hydrogens is 276 g/mol. The van der Waals surface area contributed by atoms with E-state index in [1.807, 2.05) is 36.4 Å². The predicted octanol–water partition coefficient (Wildman–Crippen LogP) is 3.04. The van der Waals surface area contributed by atoms with Crippen molar-refractivity contribution in [3.05, 3.63) is 71.8 Å². The van der Waals surface area contributed by atoms with Crippen LogP contribution < -0.4 is 0 Å². The fraction of sp³-hybridized carbons (Fsp3) is 0.316. The molecule has 0 aromatic heterocycles. The number of hydrogen-bond donors (Lipinski definition) is 2. The molecule has 2 rings (SSSR count). The summed E-state index contributed by atoms with van der Waals surface area (Å²) < 4.78 is 0. The molecule has 0 radical (unpaired) electrons. The number of carbonyl (C=O) groups is 1. The Morgan fingerprint density at radius 3 is 1.77 bits per heavy atom. The quantitative estimate of drug-likeness (QED) is 0.736. The highest BCUT2D eigenvalue weighted by Gasteiger charge is 2.38. The summed E-state index contributed by atoms with van der Waals surface area (Å²) in [5.41, 5.74) is -0.427. The molecule has 0 aliphatic rings. The van der Waals surface area contributed by atoms with Crippen molar-refractivity contribution in [1.82, 2.24) is 0 Å². The first kappa shape index (κ1) is 16.4. The van der Waals surface area contributed by atoms with Crippen LogP contribution in [0, 0.1) is 0 Å². The van der Waals surface area contributed by atoms with Gasteiger partial charge in [0.15, 0.2) is 11.4 Å². The van der Waals surface area contributed by atoms with Crippen LogP contribution in [0.1, 0.15) is 36.8 Å². The Morgan fingerprint density at radius 2 is 1.32 bits per heavy atom. The van der Waals surface area contributed by atoms with E-state index in [0.29, 0.717) is 30.4 Å². The minimum atomic E-state index is -1.61. The number of aliphatic hydroxyl groups excluding tert-OH is 1. The van der Waals surface area contributed by atoms with Crippen LogP contribution in [0.4, 0.5) is 0 Å². The van der Waals surface area contributed by atoms with Gasteiger partial charge in [0.25, 0.3) is 0 Å². The second-order valence-corrected chi connectivity index (χ2v) is 5.40. The molecule has 0 fully saturated rings. The van der Waals surface area contributed by atoms with Gasteiger partial charge < -0.3 is 10.2 Å². The van der Waals surface area contributed by atoms with Crippen LogP contribution in [-0.2, 0) is 10.4 Å². The number of aliphatic hydroxyl groups is 2. The van der Waals surface area contributed by atoms with E-state index in [4.69, 9.17) is 5.11 Å². The van der Waals surface area contributed by atoms with E-state index in [1.165, 1.54) is 0 Å². The first-order valence-electron chi connectivity index (χ1n) is 7.67. The third-order valence-electron chi connectivity index (χ3n) is 3.85. The summed E-state index contributed by atoms with van der Waals surface area (Å²) in [7, 11) is 0. The lowest BCUT2D eigenvalue weighted by molar-refractivity contribution is -0.134. The Bertz CT molecular complexity index is 539. The third kappa shape index (κ3) is 3.62. The van der Waals surface area contributed by atoms with Crippen LogP contribution in [-0.4, -0.2) is 22.6 Å². The van der Waals surface area contributed by atoms with Gasteiger partial charge in [-0.05, 0) is 24.0 Å². The van der Waals surface area contributed by atoms with Crippen LogP contribution in [0.5, 0.6) is 0 Å². The number of ketones is 1. The molecule has 116 valence electrons. The van der Waals surface area contributed by atoms with E-state index in [0.717, 1.165) is 6.42 Å². The number of benzene rings is 2. The first-order valence-corrected chi connectivity index (χ1v) is 7.67. The molecule has 0 amide bonds. The molecule has 22 heavy (non-hydrogen) atoms. The number of hydrogen-bond acceptors (Lipinski definition) is 3. The van der Waals surface area contributed by atoms with Crippen molar-refractivity contribution in [2.75, 3.05) is 6.61 Å². The zero-order valence-corrected chi connectivity index (χ0v) is 12.6. The van der Waals surface area contributed by atoms with Crippen molar-refractivity contribution in [3.8, 4) is 0 Å². The van der Waals surface area contributed by atoms with E-state index < -0.39 is 5.60 Å². The molecule has 3 nitrogen and oxygen atoms in total. The molecule has 2 aromatic rings. The van der Waals surface area contributed by atoms with Crippen LogP contribution in [0.25, 0.3) is 0 Å². The van der Waals surface area contributed by atoms with Crippen molar-refractivity contribution in [2.24, 2.45) is 0 Å². The number of Topliss-reactive ketones (excluding diaryl/α,β-unsaturated/α-hetero) is 1. The zero-order valence-electron chi connectivity index (χ0n) is 12.6. The zero-order chi connectivity index (χ0) is 15.8. The molecular formula is C19H22O3. The van der Waals surface area contributed by atoms with E-state index in [-0.39, 0.29) is 12.4 Å². The van der Waals surface area contributed by atoms with Crippen molar-refractivity contribution in [1.29, 1.82) is 0 Å². The van der Waals surface area contributed by atoms with Crippen LogP contribution in [0.15, 0.2) is 60.7 Å². The Kier molecular flexibility index (Phi) is 5.87. The number of rotatable bonds is 8. The summed E-state index contributed by atoms with van der Waals surface area (Å²) >= 11 is 0. The van der Waals surface area contributed by atoms with Gasteiger partial charge in [0.05, 0.1) is 0 Å². The topological polar surface area (TPSA) is 57.5 Å². The third-order valence-corrected chi connectivity index (χ3v) is 3.85. The first-order chi connectivity index (χ1) is 10.7. The molecule has 0 aliphatic carbocycles. The highest BCUT2D eigenvalue weighted by Crippen LogP contribution is 2.32. The summed E-state index contributed by atoms with van der Waals surface area (Å²) in [6.45, 7) is 0.135. The minimum absolute atomic E-state index is 0.135. The second kappa shape index (κ2) is 7.87. The molecule has 0 unspecified atom stereocenters. The van der Waals surface area contributed by atoms with Crippen molar-refractivity contribution >= 4 is 5.78 Å². The maximum atomic E-state index is 12.7. The van der Waals surface area contributed by atoms with Gasteiger partial charge in [-0.2, -0.15) is 0 Å². The lowest BCUT2D eigenvalue weighted by atomic mass is 9.81. The Balaban J connectivity index is 2.28. The predicted molar refractivity (Wildman–Crippen MR) is 86.4 cm³/mol. The van der Waals surface area contributed by atoms with Crippen LogP contribution in [0.2, 0.25) is 0 Å². The highest BCUT2D eigenvalue weighted by atomic mass is 16.3. The van der Waals surface area contributed by atoms with Crippen molar-refractivity contribution in [2.45, 2.75) is 31.3 Å². The van der Waals surface area contributed by atoms with Gasteiger partial charge in [0.1, 0.15) is 0 Å². The van der Waals surface area contributed by atoms with Crippen LogP contribution >= 0.6 is 0 Å².